The number of sulfonamides is 1. The lowest BCUT2D eigenvalue weighted by atomic mass is 10.2. The molecule has 0 radical (unpaired) electrons. The Morgan fingerprint density at radius 1 is 1.35 bits per heavy atom. The summed E-state index contributed by atoms with van der Waals surface area (Å²) < 4.78 is 31.5. The molecular weight excluding hydrogens is 276 g/mol. The second-order valence-corrected chi connectivity index (χ2v) is 6.94. The molecule has 0 spiro atoms. The molecule has 1 aliphatic rings. The van der Waals surface area contributed by atoms with E-state index in [9.17, 15) is 8.42 Å². The van der Waals surface area contributed by atoms with E-state index in [0.29, 0.717) is 12.1 Å². The van der Waals surface area contributed by atoms with E-state index in [-0.39, 0.29) is 11.9 Å². The summed E-state index contributed by atoms with van der Waals surface area (Å²) in [5.41, 5.74) is 1.71. The number of benzene rings is 1. The average Bonchev–Trinajstić information content (AvgIpc) is 2.39. The summed E-state index contributed by atoms with van der Waals surface area (Å²) in [7, 11) is -3.21. The first-order valence-corrected chi connectivity index (χ1v) is 8.62. The lowest BCUT2D eigenvalue weighted by Gasteiger charge is -2.33. The van der Waals surface area contributed by atoms with Gasteiger partial charge < -0.3 is 9.64 Å². The normalized spacial score (nSPS) is 19.9. The molecule has 1 atom stereocenters. The summed E-state index contributed by atoms with van der Waals surface area (Å²) in [5.74, 6) is 0.149. The molecule has 0 aromatic heterocycles. The van der Waals surface area contributed by atoms with Crippen molar-refractivity contribution in [3.8, 4) is 0 Å². The van der Waals surface area contributed by atoms with Crippen LogP contribution in [0.2, 0.25) is 0 Å². The van der Waals surface area contributed by atoms with Crippen molar-refractivity contribution >= 4 is 21.4 Å². The molecule has 1 aromatic rings. The highest BCUT2D eigenvalue weighted by Gasteiger charge is 2.17. The Kier molecular flexibility index (Phi) is 4.88. The van der Waals surface area contributed by atoms with Crippen LogP contribution in [0, 0.1) is 0 Å². The summed E-state index contributed by atoms with van der Waals surface area (Å²) in [5, 5.41) is 0. The molecular formula is C14H22N2O3S. The van der Waals surface area contributed by atoms with Gasteiger partial charge >= 0.3 is 0 Å². The minimum atomic E-state index is -3.21. The molecule has 1 saturated heterocycles. The summed E-state index contributed by atoms with van der Waals surface area (Å²) in [4.78, 5) is 2.25. The Hall–Kier alpha value is -1.27. The number of morpholine rings is 1. The minimum Gasteiger partial charge on any atom is -0.375 e. The Balaban J connectivity index is 2.03. The number of hydrogen-bond acceptors (Lipinski definition) is 4. The molecule has 1 aliphatic heterocycles. The second kappa shape index (κ2) is 6.45. The summed E-state index contributed by atoms with van der Waals surface area (Å²) in [6.07, 6.45) is 0.838. The molecule has 1 unspecified atom stereocenters. The van der Waals surface area contributed by atoms with Crippen molar-refractivity contribution in [1.29, 1.82) is 0 Å². The number of nitrogens with zero attached hydrogens (tertiary/aromatic N) is 1. The van der Waals surface area contributed by atoms with Crippen LogP contribution in [0.5, 0.6) is 0 Å². The van der Waals surface area contributed by atoms with E-state index in [1.165, 1.54) is 0 Å². The molecule has 0 aliphatic carbocycles. The SMILES string of the molecule is CCCS(=O)(=O)Nc1ccc(N2CCOC(C)C2)cc1. The van der Waals surface area contributed by atoms with Gasteiger partial charge in [0.05, 0.1) is 18.5 Å². The van der Waals surface area contributed by atoms with Crippen LogP contribution in [0.4, 0.5) is 11.4 Å². The molecule has 2 rings (SSSR count). The fourth-order valence-electron chi connectivity index (χ4n) is 2.29. The van der Waals surface area contributed by atoms with Crippen molar-refractivity contribution in [2.24, 2.45) is 0 Å². The summed E-state index contributed by atoms with van der Waals surface area (Å²) in [6.45, 7) is 6.36. The maximum atomic E-state index is 11.7. The Morgan fingerprint density at radius 2 is 2.05 bits per heavy atom. The third kappa shape index (κ3) is 4.11. The van der Waals surface area contributed by atoms with E-state index < -0.39 is 10.0 Å². The van der Waals surface area contributed by atoms with E-state index in [1.54, 1.807) is 0 Å². The molecule has 20 heavy (non-hydrogen) atoms. The van der Waals surface area contributed by atoms with E-state index >= 15 is 0 Å². The maximum Gasteiger partial charge on any atom is 0.232 e. The van der Waals surface area contributed by atoms with Crippen molar-refractivity contribution in [2.45, 2.75) is 26.4 Å². The predicted octanol–water partition coefficient (Wildman–Crippen LogP) is 2.06. The van der Waals surface area contributed by atoms with Gasteiger partial charge in [-0.15, -0.1) is 0 Å². The van der Waals surface area contributed by atoms with Gasteiger partial charge in [-0.3, -0.25) is 4.72 Å². The van der Waals surface area contributed by atoms with Gasteiger partial charge in [-0.25, -0.2) is 8.42 Å². The van der Waals surface area contributed by atoms with Crippen LogP contribution in [0.15, 0.2) is 24.3 Å². The number of ether oxygens (including phenoxy) is 1. The van der Waals surface area contributed by atoms with Gasteiger partial charge in [-0.05, 0) is 37.6 Å². The summed E-state index contributed by atoms with van der Waals surface area (Å²) in [6, 6.07) is 7.51. The van der Waals surface area contributed by atoms with Gasteiger partial charge in [0, 0.05) is 24.5 Å². The fourth-order valence-corrected chi connectivity index (χ4v) is 3.43. The van der Waals surface area contributed by atoms with Gasteiger partial charge in [0.2, 0.25) is 10.0 Å². The molecule has 5 nitrogen and oxygen atoms in total. The molecule has 0 saturated carbocycles. The Labute approximate surface area is 121 Å². The Bertz CT molecular complexity index is 528. The van der Waals surface area contributed by atoms with Crippen molar-refractivity contribution in [3.05, 3.63) is 24.3 Å². The number of anilines is 2. The highest BCUT2D eigenvalue weighted by atomic mass is 32.2. The van der Waals surface area contributed by atoms with Crippen LogP contribution in [-0.2, 0) is 14.8 Å². The van der Waals surface area contributed by atoms with Crippen molar-refractivity contribution < 1.29 is 13.2 Å². The highest BCUT2D eigenvalue weighted by molar-refractivity contribution is 7.92. The first kappa shape index (κ1) is 15.1. The van der Waals surface area contributed by atoms with E-state index in [2.05, 4.69) is 16.5 Å². The van der Waals surface area contributed by atoms with Crippen LogP contribution < -0.4 is 9.62 Å². The minimum absolute atomic E-state index is 0.149. The van der Waals surface area contributed by atoms with Crippen LogP contribution >= 0.6 is 0 Å². The zero-order valence-corrected chi connectivity index (χ0v) is 12.8. The van der Waals surface area contributed by atoms with E-state index in [0.717, 1.165) is 25.4 Å². The van der Waals surface area contributed by atoms with Gasteiger partial charge in [0.25, 0.3) is 0 Å². The molecule has 1 N–H and O–H groups in total. The standard InChI is InChI=1S/C14H22N2O3S/c1-3-10-20(17,18)15-13-4-6-14(7-5-13)16-8-9-19-12(2)11-16/h4-7,12,15H,3,8-11H2,1-2H3. The van der Waals surface area contributed by atoms with Crippen LogP contribution in [-0.4, -0.2) is 40.0 Å². The number of nitrogens with one attached hydrogen (secondary N) is 1. The highest BCUT2D eigenvalue weighted by Crippen LogP contribution is 2.21. The molecule has 1 heterocycles. The first-order chi connectivity index (χ1) is 9.50. The van der Waals surface area contributed by atoms with Crippen LogP contribution in [0.25, 0.3) is 0 Å². The maximum absolute atomic E-state index is 11.7. The van der Waals surface area contributed by atoms with Gasteiger partial charge in [-0.1, -0.05) is 6.92 Å². The number of hydrogen-bond donors (Lipinski definition) is 1. The van der Waals surface area contributed by atoms with Crippen LogP contribution in [0.3, 0.4) is 0 Å². The lowest BCUT2D eigenvalue weighted by Crippen LogP contribution is -2.41. The van der Waals surface area contributed by atoms with Crippen LogP contribution in [0.1, 0.15) is 20.3 Å². The molecule has 6 heteroatoms. The smallest absolute Gasteiger partial charge is 0.232 e. The van der Waals surface area contributed by atoms with E-state index in [4.69, 9.17) is 4.74 Å². The van der Waals surface area contributed by atoms with Gasteiger partial charge in [0.15, 0.2) is 0 Å². The topological polar surface area (TPSA) is 58.6 Å². The first-order valence-electron chi connectivity index (χ1n) is 6.97. The molecule has 0 amide bonds. The largest absolute Gasteiger partial charge is 0.375 e. The molecule has 0 bridgehead atoms. The molecule has 1 aromatic carbocycles. The van der Waals surface area contributed by atoms with E-state index in [1.807, 2.05) is 31.2 Å². The third-order valence-electron chi connectivity index (χ3n) is 3.22. The fraction of sp³-hybridized carbons (Fsp3) is 0.571. The van der Waals surface area contributed by atoms with Gasteiger partial charge in [-0.2, -0.15) is 0 Å². The van der Waals surface area contributed by atoms with Crippen molar-refractivity contribution in [1.82, 2.24) is 0 Å². The van der Waals surface area contributed by atoms with Gasteiger partial charge in [0.1, 0.15) is 0 Å². The average molecular weight is 298 g/mol. The molecule has 112 valence electrons. The summed E-state index contributed by atoms with van der Waals surface area (Å²) >= 11 is 0. The monoisotopic (exact) mass is 298 g/mol. The zero-order valence-electron chi connectivity index (χ0n) is 12.0. The quantitative estimate of drug-likeness (QED) is 0.904. The van der Waals surface area contributed by atoms with Crippen molar-refractivity contribution in [2.75, 3.05) is 35.1 Å². The second-order valence-electron chi connectivity index (χ2n) is 5.10. The zero-order chi connectivity index (χ0) is 14.6. The lowest BCUT2D eigenvalue weighted by molar-refractivity contribution is 0.0532. The molecule has 1 fully saturated rings. The predicted molar refractivity (Wildman–Crippen MR) is 81.8 cm³/mol. The van der Waals surface area contributed by atoms with Crippen molar-refractivity contribution in [3.63, 3.8) is 0 Å². The third-order valence-corrected chi connectivity index (χ3v) is 4.71. The Morgan fingerprint density at radius 3 is 2.65 bits per heavy atom. The number of rotatable bonds is 5.